The van der Waals surface area contributed by atoms with E-state index in [1.165, 1.54) is 31.4 Å². The predicted octanol–water partition coefficient (Wildman–Crippen LogP) is 3.49. The SMILES string of the molecule is CC(C)c1nc(C2CCCN(Cc3ccnn3C3CCC3)C2)no1. The van der Waals surface area contributed by atoms with Gasteiger partial charge in [-0.05, 0) is 44.7 Å². The van der Waals surface area contributed by atoms with E-state index in [0.29, 0.717) is 17.9 Å². The second-order valence-corrected chi connectivity index (χ2v) is 7.57. The van der Waals surface area contributed by atoms with Gasteiger partial charge in [0.05, 0.1) is 11.7 Å². The summed E-state index contributed by atoms with van der Waals surface area (Å²) in [6.07, 6.45) is 8.18. The Kier molecular flexibility index (Phi) is 4.39. The summed E-state index contributed by atoms with van der Waals surface area (Å²) < 4.78 is 7.65. The fourth-order valence-electron chi connectivity index (χ4n) is 3.71. The van der Waals surface area contributed by atoms with Crippen molar-refractivity contribution >= 4 is 0 Å². The van der Waals surface area contributed by atoms with E-state index < -0.39 is 0 Å². The molecule has 2 fully saturated rings. The van der Waals surface area contributed by atoms with Crippen LogP contribution in [0.2, 0.25) is 0 Å². The van der Waals surface area contributed by atoms with Crippen LogP contribution in [-0.2, 0) is 6.54 Å². The van der Waals surface area contributed by atoms with Crippen LogP contribution in [0.15, 0.2) is 16.8 Å². The molecule has 1 saturated heterocycles. The molecule has 2 aromatic heterocycles. The van der Waals surface area contributed by atoms with Crippen molar-refractivity contribution in [3.05, 3.63) is 29.7 Å². The van der Waals surface area contributed by atoms with Crippen LogP contribution >= 0.6 is 0 Å². The Labute approximate surface area is 143 Å². The summed E-state index contributed by atoms with van der Waals surface area (Å²) in [4.78, 5) is 7.13. The lowest BCUT2D eigenvalue weighted by Gasteiger charge is -2.33. The number of aromatic nitrogens is 4. The number of nitrogens with zero attached hydrogens (tertiary/aromatic N) is 5. The molecule has 6 nitrogen and oxygen atoms in total. The largest absolute Gasteiger partial charge is 0.339 e. The van der Waals surface area contributed by atoms with Gasteiger partial charge >= 0.3 is 0 Å². The zero-order valence-electron chi connectivity index (χ0n) is 14.7. The zero-order chi connectivity index (χ0) is 16.5. The predicted molar refractivity (Wildman–Crippen MR) is 90.8 cm³/mol. The summed E-state index contributed by atoms with van der Waals surface area (Å²) in [7, 11) is 0. The molecule has 0 bridgehead atoms. The highest BCUT2D eigenvalue weighted by atomic mass is 16.5. The van der Waals surface area contributed by atoms with E-state index in [9.17, 15) is 0 Å². The standard InChI is InChI=1S/C18H27N5O/c1-13(2)18-20-17(21-24-18)14-5-4-10-22(11-14)12-16-8-9-19-23(16)15-6-3-7-15/h8-9,13-15H,3-7,10-12H2,1-2H3. The van der Waals surface area contributed by atoms with Gasteiger partial charge in [0.15, 0.2) is 5.82 Å². The molecule has 0 radical (unpaired) electrons. The van der Waals surface area contributed by atoms with Crippen LogP contribution in [0.4, 0.5) is 0 Å². The van der Waals surface area contributed by atoms with Gasteiger partial charge in [-0.25, -0.2) is 0 Å². The van der Waals surface area contributed by atoms with E-state index in [1.807, 2.05) is 6.20 Å². The maximum Gasteiger partial charge on any atom is 0.229 e. The van der Waals surface area contributed by atoms with Crippen molar-refractivity contribution in [1.82, 2.24) is 24.8 Å². The Morgan fingerprint density at radius 3 is 2.83 bits per heavy atom. The molecule has 1 saturated carbocycles. The number of likely N-dealkylation sites (tertiary alicyclic amines) is 1. The first-order valence-electron chi connectivity index (χ1n) is 9.29. The molecular weight excluding hydrogens is 302 g/mol. The van der Waals surface area contributed by atoms with Crippen molar-refractivity contribution in [2.45, 2.75) is 70.4 Å². The molecule has 0 aromatic carbocycles. The van der Waals surface area contributed by atoms with E-state index in [1.54, 1.807) is 0 Å². The van der Waals surface area contributed by atoms with Gasteiger partial charge in [-0.1, -0.05) is 19.0 Å². The van der Waals surface area contributed by atoms with Crippen molar-refractivity contribution in [2.24, 2.45) is 0 Å². The first-order valence-corrected chi connectivity index (χ1v) is 9.29. The summed E-state index contributed by atoms with van der Waals surface area (Å²) in [6, 6.07) is 2.80. The summed E-state index contributed by atoms with van der Waals surface area (Å²) in [6.45, 7) is 7.30. The van der Waals surface area contributed by atoms with Gasteiger partial charge in [0.1, 0.15) is 0 Å². The second kappa shape index (κ2) is 6.67. The first kappa shape index (κ1) is 15.8. The summed E-state index contributed by atoms with van der Waals surface area (Å²) in [5.41, 5.74) is 1.34. The molecule has 2 aliphatic rings. The molecule has 0 amide bonds. The monoisotopic (exact) mass is 329 g/mol. The van der Waals surface area contributed by atoms with Crippen LogP contribution in [-0.4, -0.2) is 37.9 Å². The van der Waals surface area contributed by atoms with E-state index in [-0.39, 0.29) is 0 Å². The molecule has 2 aromatic rings. The Balaban J connectivity index is 1.42. The van der Waals surface area contributed by atoms with Crippen LogP contribution in [0.25, 0.3) is 0 Å². The van der Waals surface area contributed by atoms with E-state index >= 15 is 0 Å². The summed E-state index contributed by atoms with van der Waals surface area (Å²) in [5.74, 6) is 2.32. The Bertz CT molecular complexity index is 673. The quantitative estimate of drug-likeness (QED) is 0.840. The highest BCUT2D eigenvalue weighted by molar-refractivity contribution is 5.05. The Morgan fingerprint density at radius 2 is 2.12 bits per heavy atom. The van der Waals surface area contributed by atoms with Crippen LogP contribution in [0, 0.1) is 0 Å². The molecule has 130 valence electrons. The lowest BCUT2D eigenvalue weighted by Crippen LogP contribution is -2.35. The summed E-state index contributed by atoms with van der Waals surface area (Å²) in [5, 5.41) is 8.78. The van der Waals surface area contributed by atoms with Crippen molar-refractivity contribution in [2.75, 3.05) is 13.1 Å². The molecule has 0 spiro atoms. The van der Waals surface area contributed by atoms with E-state index in [4.69, 9.17) is 4.52 Å². The third-order valence-electron chi connectivity index (χ3n) is 5.38. The summed E-state index contributed by atoms with van der Waals surface area (Å²) >= 11 is 0. The number of piperidine rings is 1. The normalized spacial score (nSPS) is 22.9. The second-order valence-electron chi connectivity index (χ2n) is 7.57. The van der Waals surface area contributed by atoms with Crippen LogP contribution in [0.5, 0.6) is 0 Å². The van der Waals surface area contributed by atoms with Crippen LogP contribution in [0.3, 0.4) is 0 Å². The molecule has 4 rings (SSSR count). The van der Waals surface area contributed by atoms with E-state index in [0.717, 1.165) is 37.8 Å². The van der Waals surface area contributed by atoms with Crippen molar-refractivity contribution in [1.29, 1.82) is 0 Å². The maximum absolute atomic E-state index is 5.40. The van der Waals surface area contributed by atoms with Gasteiger partial charge in [0, 0.05) is 31.1 Å². The third kappa shape index (κ3) is 3.11. The lowest BCUT2D eigenvalue weighted by molar-refractivity contribution is 0.183. The van der Waals surface area contributed by atoms with Crippen molar-refractivity contribution in [3.63, 3.8) is 0 Å². The Morgan fingerprint density at radius 1 is 1.25 bits per heavy atom. The Hall–Kier alpha value is -1.69. The first-order chi connectivity index (χ1) is 11.7. The molecule has 6 heteroatoms. The van der Waals surface area contributed by atoms with Gasteiger partial charge in [0.25, 0.3) is 0 Å². The third-order valence-corrected chi connectivity index (χ3v) is 5.38. The lowest BCUT2D eigenvalue weighted by atomic mass is 9.93. The maximum atomic E-state index is 5.40. The minimum atomic E-state index is 0.294. The smallest absolute Gasteiger partial charge is 0.229 e. The van der Waals surface area contributed by atoms with Gasteiger partial charge < -0.3 is 4.52 Å². The van der Waals surface area contributed by atoms with Gasteiger partial charge in [-0.3, -0.25) is 9.58 Å². The molecule has 24 heavy (non-hydrogen) atoms. The number of rotatable bonds is 5. The molecule has 3 heterocycles. The number of hydrogen-bond donors (Lipinski definition) is 0. The van der Waals surface area contributed by atoms with Gasteiger partial charge in [-0.2, -0.15) is 10.1 Å². The average molecular weight is 329 g/mol. The molecule has 0 N–H and O–H groups in total. The highest BCUT2D eigenvalue weighted by Crippen LogP contribution is 2.33. The fraction of sp³-hybridized carbons (Fsp3) is 0.722. The highest BCUT2D eigenvalue weighted by Gasteiger charge is 2.28. The molecule has 1 aliphatic heterocycles. The molecular formula is C18H27N5O. The fourth-order valence-corrected chi connectivity index (χ4v) is 3.71. The molecule has 1 atom stereocenters. The molecule has 1 aliphatic carbocycles. The zero-order valence-corrected chi connectivity index (χ0v) is 14.7. The van der Waals surface area contributed by atoms with E-state index in [2.05, 4.69) is 44.7 Å². The van der Waals surface area contributed by atoms with Crippen molar-refractivity contribution < 1.29 is 4.52 Å². The minimum absolute atomic E-state index is 0.294. The van der Waals surface area contributed by atoms with Crippen LogP contribution in [0.1, 0.15) is 81.2 Å². The average Bonchev–Trinajstić information content (AvgIpc) is 3.16. The topological polar surface area (TPSA) is 60.0 Å². The number of hydrogen-bond acceptors (Lipinski definition) is 5. The minimum Gasteiger partial charge on any atom is -0.339 e. The van der Waals surface area contributed by atoms with Gasteiger partial charge in [-0.15, -0.1) is 0 Å². The van der Waals surface area contributed by atoms with Gasteiger partial charge in [0.2, 0.25) is 5.89 Å². The van der Waals surface area contributed by atoms with Crippen LogP contribution < -0.4 is 0 Å². The molecule has 1 unspecified atom stereocenters. The van der Waals surface area contributed by atoms with Crippen molar-refractivity contribution in [3.8, 4) is 0 Å².